The summed E-state index contributed by atoms with van der Waals surface area (Å²) in [6, 6.07) is 8.49. The molecule has 2 aliphatic heterocycles. The molecule has 2 fully saturated rings. The van der Waals surface area contributed by atoms with Crippen LogP contribution in [0.25, 0.3) is 0 Å². The van der Waals surface area contributed by atoms with Crippen LogP contribution >= 0.6 is 0 Å². The van der Waals surface area contributed by atoms with Gasteiger partial charge in [-0.2, -0.15) is 0 Å². The number of amides is 2. The number of ether oxygens (including phenoxy) is 1. The lowest BCUT2D eigenvalue weighted by Crippen LogP contribution is -2.51. The number of likely N-dealkylation sites (tertiary alicyclic amines) is 1. The monoisotopic (exact) mass is 373 g/mol. The largest absolute Gasteiger partial charge is 0.372 e. The summed E-state index contributed by atoms with van der Waals surface area (Å²) >= 11 is 0. The van der Waals surface area contributed by atoms with Crippen molar-refractivity contribution in [2.45, 2.75) is 51.9 Å². The van der Waals surface area contributed by atoms with Crippen molar-refractivity contribution in [3.8, 4) is 0 Å². The Bertz CT molecular complexity index is 666. The van der Waals surface area contributed by atoms with Crippen LogP contribution in [0.4, 0.5) is 0 Å². The van der Waals surface area contributed by atoms with Crippen molar-refractivity contribution in [2.24, 2.45) is 0 Å². The molecule has 3 rings (SSSR count). The van der Waals surface area contributed by atoms with Crippen LogP contribution < -0.4 is 5.32 Å². The van der Waals surface area contributed by atoms with Crippen LogP contribution in [0.2, 0.25) is 0 Å². The minimum Gasteiger partial charge on any atom is -0.372 e. The molecule has 1 aromatic rings. The van der Waals surface area contributed by atoms with Crippen molar-refractivity contribution < 1.29 is 14.3 Å². The molecular formula is C21H31N3O3. The minimum absolute atomic E-state index is 0.0267. The van der Waals surface area contributed by atoms with Gasteiger partial charge in [0.2, 0.25) is 11.8 Å². The van der Waals surface area contributed by atoms with Gasteiger partial charge in [0.1, 0.15) is 0 Å². The lowest BCUT2D eigenvalue weighted by atomic mass is 9.93. The van der Waals surface area contributed by atoms with Crippen LogP contribution in [0.5, 0.6) is 0 Å². The number of hydrogen-bond donors (Lipinski definition) is 1. The van der Waals surface area contributed by atoms with E-state index in [-0.39, 0.29) is 36.0 Å². The molecule has 2 saturated heterocycles. The maximum Gasteiger partial charge on any atom is 0.236 e. The molecule has 0 aliphatic carbocycles. The minimum atomic E-state index is -0.0267. The number of carbonyl (C=O) groups is 2. The number of benzene rings is 1. The van der Waals surface area contributed by atoms with Gasteiger partial charge in [-0.1, -0.05) is 29.8 Å². The van der Waals surface area contributed by atoms with Crippen LogP contribution in [0.1, 0.15) is 37.8 Å². The van der Waals surface area contributed by atoms with E-state index in [0.29, 0.717) is 26.2 Å². The third kappa shape index (κ3) is 5.08. The lowest BCUT2D eigenvalue weighted by Gasteiger charge is -2.36. The van der Waals surface area contributed by atoms with E-state index in [4.69, 9.17) is 4.74 Å². The molecule has 27 heavy (non-hydrogen) atoms. The first-order valence-electron chi connectivity index (χ1n) is 9.81. The van der Waals surface area contributed by atoms with Gasteiger partial charge in [-0.15, -0.1) is 0 Å². The molecule has 1 aromatic carbocycles. The third-order valence-corrected chi connectivity index (χ3v) is 5.42. The van der Waals surface area contributed by atoms with Crippen molar-refractivity contribution in [1.82, 2.24) is 15.1 Å². The molecule has 0 radical (unpaired) electrons. The lowest BCUT2D eigenvalue weighted by molar-refractivity contribution is -0.144. The molecule has 2 amide bonds. The number of hydrogen-bond acceptors (Lipinski definition) is 4. The van der Waals surface area contributed by atoms with Crippen LogP contribution in [0.3, 0.4) is 0 Å². The SMILES string of the molecule is CC(=O)N[C@@H]1CN(CC(=O)N2C[C@@H](C)O[C@@H](C)C2)C[C@H]1c1ccc(C)cc1. The van der Waals surface area contributed by atoms with Gasteiger partial charge in [0.25, 0.3) is 0 Å². The first-order chi connectivity index (χ1) is 12.8. The molecule has 1 N–H and O–H groups in total. The fraction of sp³-hybridized carbons (Fsp3) is 0.619. The number of nitrogens with one attached hydrogen (secondary N) is 1. The maximum absolute atomic E-state index is 12.8. The van der Waals surface area contributed by atoms with E-state index in [1.807, 2.05) is 18.7 Å². The van der Waals surface area contributed by atoms with E-state index in [2.05, 4.69) is 41.4 Å². The van der Waals surface area contributed by atoms with Gasteiger partial charge in [-0.25, -0.2) is 0 Å². The predicted octanol–water partition coefficient (Wildman–Crippen LogP) is 1.53. The van der Waals surface area contributed by atoms with Crippen LogP contribution in [0.15, 0.2) is 24.3 Å². The summed E-state index contributed by atoms with van der Waals surface area (Å²) in [6.45, 7) is 10.8. The smallest absolute Gasteiger partial charge is 0.236 e. The van der Waals surface area contributed by atoms with Crippen molar-refractivity contribution in [3.05, 3.63) is 35.4 Å². The van der Waals surface area contributed by atoms with Gasteiger partial charge in [-0.05, 0) is 26.3 Å². The highest BCUT2D eigenvalue weighted by Gasteiger charge is 2.36. The van der Waals surface area contributed by atoms with Crippen molar-refractivity contribution in [3.63, 3.8) is 0 Å². The Morgan fingerprint density at radius 3 is 2.30 bits per heavy atom. The Balaban J connectivity index is 1.67. The molecule has 6 heteroatoms. The number of aryl methyl sites for hydroxylation is 1. The average Bonchev–Trinajstić information content (AvgIpc) is 2.96. The molecule has 4 atom stereocenters. The molecule has 0 unspecified atom stereocenters. The van der Waals surface area contributed by atoms with Gasteiger partial charge >= 0.3 is 0 Å². The Labute approximate surface area is 161 Å². The Kier molecular flexibility index (Phi) is 6.17. The van der Waals surface area contributed by atoms with E-state index in [9.17, 15) is 9.59 Å². The first-order valence-corrected chi connectivity index (χ1v) is 9.81. The molecule has 0 bridgehead atoms. The number of rotatable bonds is 4. The standard InChI is InChI=1S/C21H31N3O3/c1-14-5-7-18(8-6-14)19-11-23(12-20(19)22-17(4)25)13-21(26)24-9-15(2)27-16(3)10-24/h5-8,15-16,19-20H,9-13H2,1-4H3,(H,22,25)/t15-,16+,19-,20+/m0/s1. The highest BCUT2D eigenvalue weighted by atomic mass is 16.5. The van der Waals surface area contributed by atoms with Crippen molar-refractivity contribution in [1.29, 1.82) is 0 Å². The van der Waals surface area contributed by atoms with Gasteiger partial charge in [0, 0.05) is 45.1 Å². The van der Waals surface area contributed by atoms with E-state index in [1.165, 1.54) is 11.1 Å². The Hall–Kier alpha value is -1.92. The van der Waals surface area contributed by atoms with Crippen LogP contribution in [-0.4, -0.2) is 72.6 Å². The zero-order valence-electron chi connectivity index (χ0n) is 16.8. The number of nitrogens with zero attached hydrogens (tertiary/aromatic N) is 2. The van der Waals surface area contributed by atoms with Gasteiger partial charge < -0.3 is 15.0 Å². The molecule has 6 nitrogen and oxygen atoms in total. The average molecular weight is 373 g/mol. The van der Waals surface area contributed by atoms with Gasteiger partial charge in [0.05, 0.1) is 18.8 Å². The van der Waals surface area contributed by atoms with Crippen LogP contribution in [-0.2, 0) is 14.3 Å². The maximum atomic E-state index is 12.8. The van der Waals surface area contributed by atoms with E-state index in [0.717, 1.165) is 6.54 Å². The molecule has 148 valence electrons. The Morgan fingerprint density at radius 1 is 1.07 bits per heavy atom. The quantitative estimate of drug-likeness (QED) is 0.870. The second-order valence-corrected chi connectivity index (χ2v) is 8.07. The van der Waals surface area contributed by atoms with Gasteiger partial charge in [-0.3, -0.25) is 14.5 Å². The summed E-state index contributed by atoms with van der Waals surface area (Å²) in [6.07, 6.45) is 0.146. The van der Waals surface area contributed by atoms with Crippen molar-refractivity contribution in [2.75, 3.05) is 32.7 Å². The second-order valence-electron chi connectivity index (χ2n) is 8.07. The number of carbonyl (C=O) groups excluding carboxylic acids is 2. The topological polar surface area (TPSA) is 61.9 Å². The fourth-order valence-electron chi connectivity index (χ4n) is 4.25. The summed E-state index contributed by atoms with van der Waals surface area (Å²) in [7, 11) is 0. The highest BCUT2D eigenvalue weighted by Crippen LogP contribution is 2.28. The Morgan fingerprint density at radius 2 is 1.70 bits per heavy atom. The molecule has 2 aliphatic rings. The fourth-order valence-corrected chi connectivity index (χ4v) is 4.25. The number of morpholine rings is 1. The molecular weight excluding hydrogens is 342 g/mol. The molecule has 0 spiro atoms. The van der Waals surface area contributed by atoms with Crippen molar-refractivity contribution >= 4 is 11.8 Å². The molecule has 2 heterocycles. The van der Waals surface area contributed by atoms with Gasteiger partial charge in [0.15, 0.2) is 0 Å². The molecule has 0 saturated carbocycles. The van der Waals surface area contributed by atoms with Crippen LogP contribution in [0, 0.1) is 6.92 Å². The van der Waals surface area contributed by atoms with E-state index in [1.54, 1.807) is 6.92 Å². The normalized spacial score (nSPS) is 29.0. The zero-order valence-corrected chi connectivity index (χ0v) is 16.8. The first kappa shape index (κ1) is 19.8. The second kappa shape index (κ2) is 8.40. The highest BCUT2D eigenvalue weighted by molar-refractivity contribution is 5.78. The predicted molar refractivity (Wildman–Crippen MR) is 105 cm³/mol. The third-order valence-electron chi connectivity index (χ3n) is 5.42. The summed E-state index contributed by atoms with van der Waals surface area (Å²) in [5.74, 6) is 0.314. The summed E-state index contributed by atoms with van der Waals surface area (Å²) in [4.78, 5) is 28.5. The summed E-state index contributed by atoms with van der Waals surface area (Å²) in [5.41, 5.74) is 2.43. The van der Waals surface area contributed by atoms with E-state index >= 15 is 0 Å². The zero-order chi connectivity index (χ0) is 19.6. The molecule has 0 aromatic heterocycles. The summed E-state index contributed by atoms with van der Waals surface area (Å²) in [5, 5.41) is 3.08. The van der Waals surface area contributed by atoms with E-state index < -0.39 is 0 Å². The summed E-state index contributed by atoms with van der Waals surface area (Å²) < 4.78 is 5.73.